The molecule has 0 spiro atoms. The van der Waals surface area contributed by atoms with E-state index in [0.29, 0.717) is 22.1 Å². The van der Waals surface area contributed by atoms with Gasteiger partial charge in [-0.1, -0.05) is 48.0 Å². The lowest BCUT2D eigenvalue weighted by Crippen LogP contribution is -2.46. The van der Waals surface area contributed by atoms with Crippen molar-refractivity contribution in [2.45, 2.75) is 12.1 Å². The Morgan fingerprint density at radius 2 is 1.61 bits per heavy atom. The number of hydrogen-bond acceptors (Lipinski definition) is 5. The third-order valence-corrected chi connectivity index (χ3v) is 7.42. The summed E-state index contributed by atoms with van der Waals surface area (Å²) in [5.41, 5.74) is 2.82. The molecule has 7 nitrogen and oxygen atoms in total. The molecule has 0 radical (unpaired) electrons. The van der Waals surface area contributed by atoms with Crippen molar-refractivity contribution in [2.24, 2.45) is 11.8 Å². The topological polar surface area (TPSA) is 79.0 Å². The first-order chi connectivity index (χ1) is 17.5. The predicted molar refractivity (Wildman–Crippen MR) is 136 cm³/mol. The summed E-state index contributed by atoms with van der Waals surface area (Å²) < 4.78 is 5.44. The minimum absolute atomic E-state index is 0.337. The molecule has 6 rings (SSSR count). The number of carbonyl (C=O) groups is 3. The molecule has 3 amide bonds. The van der Waals surface area contributed by atoms with Crippen molar-refractivity contribution in [3.63, 3.8) is 0 Å². The molecule has 8 heteroatoms. The van der Waals surface area contributed by atoms with E-state index in [4.69, 9.17) is 16.3 Å². The quantitative estimate of drug-likeness (QED) is 0.535. The van der Waals surface area contributed by atoms with E-state index in [1.807, 2.05) is 41.4 Å². The number of fused-ring (bicyclic) bond motifs is 5. The number of anilines is 2. The van der Waals surface area contributed by atoms with E-state index < -0.39 is 29.8 Å². The van der Waals surface area contributed by atoms with E-state index in [1.54, 1.807) is 48.5 Å². The molecule has 3 aliphatic heterocycles. The molecule has 3 aromatic carbocycles. The Bertz CT molecular complexity index is 1420. The lowest BCUT2D eigenvalue weighted by Gasteiger charge is -2.35. The Hall–Kier alpha value is -4.10. The van der Waals surface area contributed by atoms with Crippen LogP contribution in [0.15, 0.2) is 79.0 Å². The first-order valence-corrected chi connectivity index (χ1v) is 12.0. The van der Waals surface area contributed by atoms with Gasteiger partial charge in [0.15, 0.2) is 0 Å². The molecular weight excluding hydrogens is 478 g/mol. The van der Waals surface area contributed by atoms with E-state index in [9.17, 15) is 14.4 Å². The van der Waals surface area contributed by atoms with Gasteiger partial charge in [-0.25, -0.2) is 4.90 Å². The summed E-state index contributed by atoms with van der Waals surface area (Å²) in [5, 5.41) is 3.46. The summed E-state index contributed by atoms with van der Waals surface area (Å²) in [7, 11) is 1.50. The molecule has 3 aliphatic rings. The van der Waals surface area contributed by atoms with Gasteiger partial charge in [-0.15, -0.1) is 0 Å². The molecule has 3 heterocycles. The number of nitrogens with one attached hydrogen (secondary N) is 1. The SMILES string of the molecule is COc1ccccc1N1C(=O)[C@@H]2[C@H](C1=O)[C@H]1c3ccccc3C=CN1[C@@H]2C(=O)Nc1ccc(Cl)cc1. The van der Waals surface area contributed by atoms with Crippen molar-refractivity contribution >= 4 is 46.8 Å². The zero-order valence-electron chi connectivity index (χ0n) is 19.3. The smallest absolute Gasteiger partial charge is 0.247 e. The first-order valence-electron chi connectivity index (χ1n) is 11.6. The Labute approximate surface area is 212 Å². The number of nitrogens with zero attached hydrogens (tertiary/aromatic N) is 2. The van der Waals surface area contributed by atoms with E-state index in [-0.39, 0.29) is 11.8 Å². The maximum absolute atomic E-state index is 13.9. The van der Waals surface area contributed by atoms with E-state index in [0.717, 1.165) is 11.1 Å². The number of para-hydroxylation sites is 2. The van der Waals surface area contributed by atoms with Crippen molar-refractivity contribution in [3.8, 4) is 5.75 Å². The number of hydrogen-bond donors (Lipinski definition) is 1. The highest BCUT2D eigenvalue weighted by Gasteiger charge is 2.64. The number of rotatable bonds is 4. The maximum Gasteiger partial charge on any atom is 0.247 e. The number of carbonyl (C=O) groups excluding carboxylic acids is 3. The van der Waals surface area contributed by atoms with Crippen LogP contribution in [0.3, 0.4) is 0 Å². The fraction of sp³-hybridized carbons (Fsp3) is 0.179. The Balaban J connectivity index is 1.45. The molecule has 0 unspecified atom stereocenters. The van der Waals surface area contributed by atoms with Crippen LogP contribution in [0.1, 0.15) is 17.2 Å². The molecule has 0 aliphatic carbocycles. The first kappa shape index (κ1) is 22.4. The normalized spacial score (nSPS) is 23.8. The van der Waals surface area contributed by atoms with Crippen LogP contribution < -0.4 is 15.0 Å². The van der Waals surface area contributed by atoms with Crippen molar-refractivity contribution in [1.29, 1.82) is 0 Å². The fourth-order valence-corrected chi connectivity index (χ4v) is 5.78. The molecule has 0 bridgehead atoms. The third-order valence-electron chi connectivity index (χ3n) is 7.17. The zero-order valence-corrected chi connectivity index (χ0v) is 20.1. The van der Waals surface area contributed by atoms with E-state index in [1.165, 1.54) is 12.0 Å². The van der Waals surface area contributed by atoms with Crippen LogP contribution in [0.4, 0.5) is 11.4 Å². The van der Waals surface area contributed by atoms with Gasteiger partial charge in [-0.2, -0.15) is 0 Å². The molecule has 36 heavy (non-hydrogen) atoms. The summed E-state index contributed by atoms with van der Waals surface area (Å²) in [5.74, 6) is -2.28. The van der Waals surface area contributed by atoms with Crippen LogP contribution in [0.2, 0.25) is 5.02 Å². The number of halogens is 1. The van der Waals surface area contributed by atoms with Crippen LogP contribution in [-0.2, 0) is 14.4 Å². The van der Waals surface area contributed by atoms with Crippen molar-refractivity contribution < 1.29 is 19.1 Å². The van der Waals surface area contributed by atoms with Crippen LogP contribution in [0, 0.1) is 11.8 Å². The minimum atomic E-state index is -0.878. The molecule has 180 valence electrons. The standard InChI is InChI=1S/C28H22ClN3O4/c1-36-21-9-5-4-8-20(21)32-27(34)22-23(28(32)35)25(26(33)30-18-12-10-17(29)11-13-18)31-15-14-16-6-2-3-7-19(16)24(22)31/h2-15,22-25H,1H3,(H,30,33)/t22-,23+,24+,25-/m0/s1. The average molecular weight is 500 g/mol. The highest BCUT2D eigenvalue weighted by Crippen LogP contribution is 2.54. The fourth-order valence-electron chi connectivity index (χ4n) is 5.66. The largest absolute Gasteiger partial charge is 0.495 e. The highest BCUT2D eigenvalue weighted by molar-refractivity contribution is 6.30. The van der Waals surface area contributed by atoms with Gasteiger partial charge in [-0.3, -0.25) is 14.4 Å². The van der Waals surface area contributed by atoms with Gasteiger partial charge in [0.25, 0.3) is 0 Å². The van der Waals surface area contributed by atoms with Gasteiger partial charge < -0.3 is 15.0 Å². The van der Waals surface area contributed by atoms with Crippen molar-refractivity contribution in [2.75, 3.05) is 17.3 Å². The minimum Gasteiger partial charge on any atom is -0.495 e. The number of methoxy groups -OCH3 is 1. The molecule has 0 saturated carbocycles. The Morgan fingerprint density at radius 1 is 0.917 bits per heavy atom. The van der Waals surface area contributed by atoms with E-state index >= 15 is 0 Å². The van der Waals surface area contributed by atoms with Crippen LogP contribution >= 0.6 is 11.6 Å². The third kappa shape index (κ3) is 3.31. The number of benzene rings is 3. The van der Waals surface area contributed by atoms with E-state index in [2.05, 4.69) is 5.32 Å². The molecule has 1 N–H and O–H groups in total. The number of amides is 3. The maximum atomic E-state index is 13.9. The van der Waals surface area contributed by atoms with Gasteiger partial charge in [0.05, 0.1) is 30.7 Å². The second kappa shape index (κ2) is 8.53. The molecular formula is C28H22ClN3O4. The molecule has 3 aromatic rings. The Kier molecular flexibility index (Phi) is 5.30. The zero-order chi connectivity index (χ0) is 25.0. The van der Waals surface area contributed by atoms with Crippen LogP contribution in [0.25, 0.3) is 6.08 Å². The second-order valence-corrected chi connectivity index (χ2v) is 9.45. The van der Waals surface area contributed by atoms with Crippen LogP contribution in [-0.4, -0.2) is 35.8 Å². The van der Waals surface area contributed by atoms with Gasteiger partial charge in [0.2, 0.25) is 17.7 Å². The van der Waals surface area contributed by atoms with Gasteiger partial charge in [-0.05, 0) is 53.6 Å². The van der Waals surface area contributed by atoms with Crippen molar-refractivity contribution in [3.05, 3.63) is 95.1 Å². The number of ether oxygens (including phenoxy) is 1. The molecule has 2 fully saturated rings. The average Bonchev–Trinajstić information content (AvgIpc) is 3.38. The Morgan fingerprint density at radius 3 is 2.39 bits per heavy atom. The molecule has 0 aromatic heterocycles. The lowest BCUT2D eigenvalue weighted by molar-refractivity contribution is -0.128. The summed E-state index contributed by atoms with van der Waals surface area (Å²) >= 11 is 5.99. The molecule has 4 atom stereocenters. The summed E-state index contributed by atoms with van der Waals surface area (Å²) in [6.45, 7) is 0. The van der Waals surface area contributed by atoms with Gasteiger partial charge in [0, 0.05) is 16.9 Å². The van der Waals surface area contributed by atoms with Gasteiger partial charge in [0.1, 0.15) is 11.8 Å². The van der Waals surface area contributed by atoms with Crippen molar-refractivity contribution in [1.82, 2.24) is 4.90 Å². The lowest BCUT2D eigenvalue weighted by atomic mass is 9.84. The van der Waals surface area contributed by atoms with Gasteiger partial charge >= 0.3 is 0 Å². The summed E-state index contributed by atoms with van der Waals surface area (Å²) in [4.78, 5) is 44.6. The van der Waals surface area contributed by atoms with Crippen LogP contribution in [0.5, 0.6) is 5.75 Å². The summed E-state index contributed by atoms with van der Waals surface area (Å²) in [6, 6.07) is 20.1. The second-order valence-electron chi connectivity index (χ2n) is 9.01. The predicted octanol–water partition coefficient (Wildman–Crippen LogP) is 4.50. The molecule has 2 saturated heterocycles. The highest BCUT2D eigenvalue weighted by atomic mass is 35.5. The number of imide groups is 1. The summed E-state index contributed by atoms with van der Waals surface area (Å²) in [6.07, 6.45) is 3.74. The monoisotopic (exact) mass is 499 g/mol.